The minimum atomic E-state index is -3.82. The number of pyridine rings is 1. The van der Waals surface area contributed by atoms with Gasteiger partial charge in [-0.2, -0.15) is 0 Å². The fraction of sp³-hybridized carbons (Fsp3) is 0.483. The van der Waals surface area contributed by atoms with Crippen molar-refractivity contribution in [1.29, 1.82) is 0 Å². The van der Waals surface area contributed by atoms with Gasteiger partial charge in [0.15, 0.2) is 9.84 Å². The number of anilines is 2. The maximum absolute atomic E-state index is 14.7. The van der Waals surface area contributed by atoms with Crippen LogP contribution in [-0.4, -0.2) is 124 Å². The number of likely N-dealkylation sites (N-methyl/N-ethyl adjacent to an activating group) is 1. The molecule has 16 nitrogen and oxygen atoms in total. The third-order valence-corrected chi connectivity index (χ3v) is 17.4. The fourth-order valence-electron chi connectivity index (χ4n) is 9.59. The first-order chi connectivity index (χ1) is 36.4. The van der Waals surface area contributed by atoms with Gasteiger partial charge in [0.25, 0.3) is 0 Å². The Balaban J connectivity index is 0.788. The molecular formula is C58H75N7O9S2. The number of rotatable bonds is 24. The van der Waals surface area contributed by atoms with Crippen LogP contribution in [0.1, 0.15) is 89.6 Å². The summed E-state index contributed by atoms with van der Waals surface area (Å²) in [5.41, 5.74) is 8.77. The molecule has 408 valence electrons. The van der Waals surface area contributed by atoms with E-state index in [1.807, 2.05) is 61.6 Å². The highest BCUT2D eigenvalue weighted by atomic mass is 32.2. The van der Waals surface area contributed by atoms with Crippen LogP contribution in [0, 0.1) is 5.41 Å². The molecule has 18 heteroatoms. The summed E-state index contributed by atoms with van der Waals surface area (Å²) >= 11 is 1.57. The van der Waals surface area contributed by atoms with Gasteiger partial charge < -0.3 is 49.9 Å². The van der Waals surface area contributed by atoms with Crippen LogP contribution >= 0.6 is 11.3 Å². The van der Waals surface area contributed by atoms with E-state index < -0.39 is 32.1 Å². The summed E-state index contributed by atoms with van der Waals surface area (Å²) in [4.78, 5) is 39.9. The van der Waals surface area contributed by atoms with Crippen LogP contribution in [0.3, 0.4) is 0 Å². The van der Waals surface area contributed by atoms with Crippen molar-refractivity contribution < 1.29 is 41.7 Å². The molecule has 2 aliphatic rings. The molecule has 0 unspecified atom stereocenters. The number of benzene rings is 4. The SMILES string of the molecule is CN[C@@H](C)CN[C@H](C(=O)N1Cc2cc(OCCOCCOCCOCCOc3cc4nccc(Nc5ccc6scnc6c5)c4cc3S(=O)(=O)C(C)(C)C)ccc2C[C@H]1C(=O)N[C@H]1CCCc2ccccc21)C(C)(C)C. The zero-order chi connectivity index (χ0) is 54.0. The number of hydrogen-bond acceptors (Lipinski definition) is 15. The van der Waals surface area contributed by atoms with Crippen LogP contribution in [-0.2, 0) is 53.0 Å². The van der Waals surface area contributed by atoms with Gasteiger partial charge >= 0.3 is 0 Å². The third kappa shape index (κ3) is 13.9. The number of carbonyl (C=O) groups is 2. The van der Waals surface area contributed by atoms with Gasteiger partial charge in [-0.25, -0.2) is 13.4 Å². The molecule has 0 radical (unpaired) electrons. The summed E-state index contributed by atoms with van der Waals surface area (Å²) < 4.78 is 57.4. The summed E-state index contributed by atoms with van der Waals surface area (Å²) in [7, 11) is -1.91. The molecule has 0 fully saturated rings. The topological polar surface area (TPSA) is 192 Å². The number of aryl methyl sites for hydroxylation is 1. The Hall–Kier alpha value is -5.73. The molecule has 0 bridgehead atoms. The molecule has 0 saturated carbocycles. The molecule has 4 aromatic carbocycles. The van der Waals surface area contributed by atoms with E-state index in [1.165, 1.54) is 5.56 Å². The van der Waals surface area contributed by atoms with E-state index in [1.54, 1.807) is 60.8 Å². The zero-order valence-corrected chi connectivity index (χ0v) is 46.8. The summed E-state index contributed by atoms with van der Waals surface area (Å²) in [6, 6.07) is 24.1. The Morgan fingerprint density at radius 2 is 1.53 bits per heavy atom. The molecule has 6 aromatic rings. The Morgan fingerprint density at radius 1 is 0.803 bits per heavy atom. The second-order valence-electron chi connectivity index (χ2n) is 21.7. The maximum atomic E-state index is 14.7. The highest BCUT2D eigenvalue weighted by Crippen LogP contribution is 2.39. The van der Waals surface area contributed by atoms with Crippen molar-refractivity contribution in [1.82, 2.24) is 30.8 Å². The Labute approximate surface area is 451 Å². The maximum Gasteiger partial charge on any atom is 0.243 e. The minimum Gasteiger partial charge on any atom is -0.491 e. The van der Waals surface area contributed by atoms with Crippen LogP contribution in [0.4, 0.5) is 11.4 Å². The average molecular weight is 1080 g/mol. The van der Waals surface area contributed by atoms with Gasteiger partial charge in [-0.3, -0.25) is 14.6 Å². The second kappa shape index (κ2) is 25.2. The molecule has 1 aliphatic carbocycles. The molecule has 3 heterocycles. The fourth-order valence-corrected chi connectivity index (χ4v) is 11.6. The van der Waals surface area contributed by atoms with Crippen LogP contribution in [0.2, 0.25) is 0 Å². The van der Waals surface area contributed by atoms with E-state index in [-0.39, 0.29) is 54.3 Å². The molecule has 0 saturated heterocycles. The van der Waals surface area contributed by atoms with Gasteiger partial charge in [0.1, 0.15) is 35.7 Å². The van der Waals surface area contributed by atoms with Crippen LogP contribution in [0.5, 0.6) is 11.5 Å². The number of thiazole rings is 1. The van der Waals surface area contributed by atoms with E-state index in [4.69, 9.17) is 23.7 Å². The van der Waals surface area contributed by atoms with Crippen molar-refractivity contribution >= 4 is 65.5 Å². The van der Waals surface area contributed by atoms with Gasteiger partial charge in [-0.15, -0.1) is 11.3 Å². The van der Waals surface area contributed by atoms with E-state index >= 15 is 0 Å². The molecule has 4 atom stereocenters. The van der Waals surface area contributed by atoms with Gasteiger partial charge in [-0.1, -0.05) is 51.1 Å². The standard InChI is InChI=1S/C58H75N7O9S2/c1-38(59-8)35-61-54(57(2,3)4)56(67)65-36-41-30-43(18-16-40(41)31-50(65)55(66)64-46-15-11-13-39-12-9-10-14-44(39)46)73-28-26-71-24-22-70-23-25-72-27-29-74-51-34-48-45(33-53(51)76(68,69)58(5,6)7)47(20-21-60-48)63-42-17-19-52-49(32-42)62-37-75-52/h9-10,12,14,16-21,30,32-34,37-38,46,50,54,59,61H,11,13,15,22-29,31,35-36H2,1-8H3,(H,60,63)(H,64,66)/t38-,46-,50-,54+/m0/s1. The lowest BCUT2D eigenvalue weighted by molar-refractivity contribution is -0.146. The molecule has 2 amide bonds. The Morgan fingerprint density at radius 3 is 2.25 bits per heavy atom. The second-order valence-corrected chi connectivity index (χ2v) is 25.2. The van der Waals surface area contributed by atoms with Gasteiger partial charge in [-0.05, 0) is 124 Å². The van der Waals surface area contributed by atoms with Crippen molar-refractivity contribution in [2.24, 2.45) is 5.41 Å². The molecule has 2 aromatic heterocycles. The van der Waals surface area contributed by atoms with Crippen molar-refractivity contribution in [2.75, 3.05) is 71.8 Å². The number of sulfone groups is 1. The summed E-state index contributed by atoms with van der Waals surface area (Å²) in [5, 5.41) is 14.2. The zero-order valence-electron chi connectivity index (χ0n) is 45.2. The lowest BCUT2D eigenvalue weighted by Crippen LogP contribution is -2.60. The summed E-state index contributed by atoms with van der Waals surface area (Å²) in [6.45, 7) is 16.5. The number of hydrogen-bond donors (Lipinski definition) is 4. The quantitative estimate of drug-likeness (QED) is 0.0421. The lowest BCUT2D eigenvalue weighted by atomic mass is 9.83. The number of amides is 2. The van der Waals surface area contributed by atoms with E-state index in [0.717, 1.165) is 51.9 Å². The average Bonchev–Trinajstić information content (AvgIpc) is 3.94. The first-order valence-corrected chi connectivity index (χ1v) is 28.7. The number of nitrogens with one attached hydrogen (secondary N) is 4. The number of fused-ring (bicyclic) bond motifs is 4. The lowest BCUT2D eigenvalue weighted by Gasteiger charge is -2.42. The largest absolute Gasteiger partial charge is 0.491 e. The molecule has 76 heavy (non-hydrogen) atoms. The Bertz CT molecular complexity index is 3060. The van der Waals surface area contributed by atoms with Crippen LogP contribution in [0.25, 0.3) is 21.1 Å². The first kappa shape index (κ1) is 56.5. The van der Waals surface area contributed by atoms with Crippen molar-refractivity contribution in [3.63, 3.8) is 0 Å². The molecule has 1 aliphatic heterocycles. The van der Waals surface area contributed by atoms with Crippen LogP contribution in [0.15, 0.2) is 95.5 Å². The van der Waals surface area contributed by atoms with Crippen molar-refractivity contribution in [2.45, 2.75) is 115 Å². The predicted molar refractivity (Wildman–Crippen MR) is 300 cm³/mol. The molecular weight excluding hydrogens is 1000 g/mol. The first-order valence-electron chi connectivity index (χ1n) is 26.4. The minimum absolute atomic E-state index is 0.0838. The summed E-state index contributed by atoms with van der Waals surface area (Å²) in [5.74, 6) is 0.642. The van der Waals surface area contributed by atoms with E-state index in [2.05, 4.69) is 71.1 Å². The predicted octanol–water partition coefficient (Wildman–Crippen LogP) is 8.73. The molecule has 4 N–H and O–H groups in total. The van der Waals surface area contributed by atoms with Gasteiger partial charge in [0.2, 0.25) is 11.8 Å². The highest BCUT2D eigenvalue weighted by molar-refractivity contribution is 7.92. The van der Waals surface area contributed by atoms with Crippen LogP contribution < -0.4 is 30.7 Å². The van der Waals surface area contributed by atoms with E-state index in [0.29, 0.717) is 74.9 Å². The van der Waals surface area contributed by atoms with Crippen molar-refractivity contribution in [3.05, 3.63) is 113 Å². The normalized spacial score (nSPS) is 16.7. The monoisotopic (exact) mass is 1080 g/mol. The smallest absolute Gasteiger partial charge is 0.243 e. The summed E-state index contributed by atoms with van der Waals surface area (Å²) in [6.07, 6.45) is 4.92. The number of aromatic nitrogens is 2. The van der Waals surface area contributed by atoms with E-state index in [9.17, 15) is 18.0 Å². The number of carbonyl (C=O) groups excluding carboxylic acids is 2. The molecule has 8 rings (SSSR count). The third-order valence-electron chi connectivity index (χ3n) is 14.1. The van der Waals surface area contributed by atoms with Crippen molar-refractivity contribution in [3.8, 4) is 11.5 Å². The highest BCUT2D eigenvalue weighted by Gasteiger charge is 2.42. The number of ether oxygens (including phenoxy) is 5. The number of nitrogens with zero attached hydrogens (tertiary/aromatic N) is 3. The molecule has 0 spiro atoms. The van der Waals surface area contributed by atoms with Gasteiger partial charge in [0.05, 0.1) is 77.7 Å². The Kier molecular flexibility index (Phi) is 18.7. The van der Waals surface area contributed by atoms with Gasteiger partial charge in [0, 0.05) is 54.6 Å².